The monoisotopic (exact) mass is 388 g/mol. The predicted octanol–water partition coefficient (Wildman–Crippen LogP) is 4.40. The van der Waals surface area contributed by atoms with Gasteiger partial charge in [0.05, 0.1) is 16.4 Å². The molecule has 0 unspecified atom stereocenters. The van der Waals surface area contributed by atoms with Gasteiger partial charge < -0.3 is 10.6 Å². The van der Waals surface area contributed by atoms with Crippen molar-refractivity contribution >= 4 is 40.6 Å². The van der Waals surface area contributed by atoms with Gasteiger partial charge in [-0.1, -0.05) is 35.3 Å². The summed E-state index contributed by atoms with van der Waals surface area (Å²) in [4.78, 5) is 23.5. The Morgan fingerprint density at radius 1 is 1.00 bits per heavy atom. The molecule has 3 rings (SSSR count). The zero-order valence-corrected chi connectivity index (χ0v) is 15.2. The Hall–Kier alpha value is -2.83. The fraction of sp³-hybridized carbons (Fsp3) is 0.0556. The van der Waals surface area contributed by atoms with E-state index < -0.39 is 6.03 Å². The van der Waals surface area contributed by atoms with Gasteiger partial charge in [0.2, 0.25) is 0 Å². The number of hydrogen-bond acceptors (Lipinski definition) is 3. The molecule has 0 aliphatic rings. The van der Waals surface area contributed by atoms with Gasteiger partial charge >= 0.3 is 6.03 Å². The highest BCUT2D eigenvalue weighted by atomic mass is 35.5. The van der Waals surface area contributed by atoms with E-state index in [0.717, 1.165) is 5.56 Å². The summed E-state index contributed by atoms with van der Waals surface area (Å²) in [5, 5.41) is 10.4. The molecule has 2 aromatic carbocycles. The Morgan fingerprint density at radius 3 is 2.42 bits per heavy atom. The molecule has 0 spiro atoms. The fourth-order valence-corrected chi connectivity index (χ4v) is 2.60. The lowest BCUT2D eigenvalue weighted by molar-refractivity contribution is 0.262. The molecule has 6 nitrogen and oxygen atoms in total. The average molecular weight is 389 g/mol. The quantitative estimate of drug-likeness (QED) is 0.697. The molecule has 3 aromatic rings. The number of rotatable bonds is 3. The van der Waals surface area contributed by atoms with Crippen molar-refractivity contribution in [2.75, 3.05) is 10.6 Å². The summed E-state index contributed by atoms with van der Waals surface area (Å²) >= 11 is 11.9. The maximum absolute atomic E-state index is 12.1. The lowest BCUT2D eigenvalue weighted by Crippen LogP contribution is -2.19. The third kappa shape index (κ3) is 4.22. The molecule has 1 heterocycles. The van der Waals surface area contributed by atoms with E-state index in [1.807, 2.05) is 0 Å². The second-order valence-corrected chi connectivity index (χ2v) is 6.30. The Bertz CT molecular complexity index is 1020. The molecule has 132 valence electrons. The zero-order valence-electron chi connectivity index (χ0n) is 13.7. The second-order valence-electron chi connectivity index (χ2n) is 5.46. The molecule has 0 radical (unpaired) electrons. The first kappa shape index (κ1) is 18.0. The number of amides is 2. The first-order valence-corrected chi connectivity index (χ1v) is 8.36. The van der Waals surface area contributed by atoms with Crippen LogP contribution in [0.3, 0.4) is 0 Å². The van der Waals surface area contributed by atoms with Crippen LogP contribution >= 0.6 is 23.2 Å². The molecule has 0 saturated heterocycles. The van der Waals surface area contributed by atoms with Crippen molar-refractivity contribution in [3.8, 4) is 11.3 Å². The highest BCUT2D eigenvalue weighted by molar-refractivity contribution is 6.35. The van der Waals surface area contributed by atoms with Gasteiger partial charge in [0.25, 0.3) is 5.56 Å². The second kappa shape index (κ2) is 7.59. The number of carbonyl (C=O) groups is 1. The number of aromatic nitrogens is 2. The number of nitrogens with zero attached hydrogens (tertiary/aromatic N) is 2. The van der Waals surface area contributed by atoms with Crippen molar-refractivity contribution in [3.63, 3.8) is 0 Å². The summed E-state index contributed by atoms with van der Waals surface area (Å²) in [6, 6.07) is 14.6. The molecule has 2 amide bonds. The van der Waals surface area contributed by atoms with Crippen molar-refractivity contribution < 1.29 is 4.79 Å². The summed E-state index contributed by atoms with van der Waals surface area (Å²) < 4.78 is 1.27. The Balaban J connectivity index is 1.70. The summed E-state index contributed by atoms with van der Waals surface area (Å²) in [5.74, 6) is 0. The van der Waals surface area contributed by atoms with Gasteiger partial charge in [0.1, 0.15) is 0 Å². The van der Waals surface area contributed by atoms with Crippen molar-refractivity contribution in [2.45, 2.75) is 0 Å². The number of halogens is 2. The summed E-state index contributed by atoms with van der Waals surface area (Å²) in [7, 11) is 1.59. The number of benzene rings is 2. The van der Waals surface area contributed by atoms with Crippen LogP contribution in [0.5, 0.6) is 0 Å². The maximum atomic E-state index is 12.1. The highest BCUT2D eigenvalue weighted by Crippen LogP contribution is 2.25. The van der Waals surface area contributed by atoms with Crippen LogP contribution in [0.25, 0.3) is 11.3 Å². The van der Waals surface area contributed by atoms with E-state index in [4.69, 9.17) is 23.2 Å². The number of nitrogens with one attached hydrogen (secondary N) is 2. The summed E-state index contributed by atoms with van der Waals surface area (Å²) in [6.07, 6.45) is 0. The van der Waals surface area contributed by atoms with Crippen molar-refractivity contribution in [1.82, 2.24) is 9.78 Å². The summed E-state index contributed by atoms with van der Waals surface area (Å²) in [5.41, 5.74) is 2.32. The molecule has 0 fully saturated rings. The topological polar surface area (TPSA) is 76.0 Å². The molecule has 0 aliphatic carbocycles. The Labute approximate surface area is 159 Å². The van der Waals surface area contributed by atoms with Crippen LogP contribution in [0.4, 0.5) is 16.2 Å². The van der Waals surface area contributed by atoms with E-state index in [1.54, 1.807) is 55.6 Å². The molecule has 0 bridgehead atoms. The zero-order chi connectivity index (χ0) is 18.7. The number of urea groups is 1. The lowest BCUT2D eigenvalue weighted by atomic mass is 10.1. The van der Waals surface area contributed by atoms with Crippen molar-refractivity contribution in [3.05, 3.63) is 75.0 Å². The highest BCUT2D eigenvalue weighted by Gasteiger charge is 2.07. The number of hydrogen-bond donors (Lipinski definition) is 2. The van der Waals surface area contributed by atoms with E-state index in [9.17, 15) is 9.59 Å². The number of anilines is 2. The van der Waals surface area contributed by atoms with Crippen LogP contribution < -0.4 is 16.2 Å². The molecule has 0 saturated carbocycles. The SMILES string of the molecule is Cn1nc(-c2ccc(NC(=O)Nc3cc(Cl)ccc3Cl)cc2)ccc1=O. The molecule has 0 aliphatic heterocycles. The van der Waals surface area contributed by atoms with Gasteiger partial charge in [0, 0.05) is 29.4 Å². The van der Waals surface area contributed by atoms with Crippen LogP contribution in [-0.2, 0) is 7.05 Å². The first-order chi connectivity index (χ1) is 12.4. The van der Waals surface area contributed by atoms with Crippen LogP contribution in [0.1, 0.15) is 0 Å². The molecular weight excluding hydrogens is 375 g/mol. The molecule has 0 atom stereocenters. The van der Waals surface area contributed by atoms with Gasteiger partial charge in [-0.25, -0.2) is 9.48 Å². The van der Waals surface area contributed by atoms with E-state index in [2.05, 4.69) is 15.7 Å². The fourth-order valence-electron chi connectivity index (χ4n) is 2.26. The lowest BCUT2D eigenvalue weighted by Gasteiger charge is -2.10. The van der Waals surface area contributed by atoms with Gasteiger partial charge in [-0.3, -0.25) is 4.79 Å². The average Bonchev–Trinajstić information content (AvgIpc) is 2.61. The molecule has 2 N–H and O–H groups in total. The maximum Gasteiger partial charge on any atom is 0.323 e. The van der Waals surface area contributed by atoms with E-state index in [-0.39, 0.29) is 5.56 Å². The van der Waals surface area contributed by atoms with Crippen molar-refractivity contribution in [2.24, 2.45) is 7.05 Å². The van der Waals surface area contributed by atoms with Gasteiger partial charge in [-0.2, -0.15) is 5.10 Å². The smallest absolute Gasteiger partial charge is 0.308 e. The molecule has 8 heteroatoms. The predicted molar refractivity (Wildman–Crippen MR) is 104 cm³/mol. The minimum Gasteiger partial charge on any atom is -0.308 e. The number of aryl methyl sites for hydroxylation is 1. The van der Waals surface area contributed by atoms with E-state index >= 15 is 0 Å². The minimum atomic E-state index is -0.442. The van der Waals surface area contributed by atoms with Crippen LogP contribution in [0.15, 0.2) is 59.4 Å². The van der Waals surface area contributed by atoms with Gasteiger partial charge in [-0.05, 0) is 36.4 Å². The van der Waals surface area contributed by atoms with Gasteiger partial charge in [0.15, 0.2) is 0 Å². The van der Waals surface area contributed by atoms with Crippen LogP contribution in [0, 0.1) is 0 Å². The standard InChI is InChI=1S/C18H14Cl2N4O2/c1-24-17(25)9-8-15(23-24)11-2-5-13(6-3-11)21-18(26)22-16-10-12(19)4-7-14(16)20/h2-10H,1H3,(H2,21,22,26). The molecule has 26 heavy (non-hydrogen) atoms. The Morgan fingerprint density at radius 2 is 1.73 bits per heavy atom. The van der Waals surface area contributed by atoms with Crippen LogP contribution in [-0.4, -0.2) is 15.8 Å². The normalized spacial score (nSPS) is 10.4. The largest absolute Gasteiger partial charge is 0.323 e. The Kier molecular flexibility index (Phi) is 5.25. The molecule has 1 aromatic heterocycles. The molecular formula is C18H14Cl2N4O2. The third-order valence-electron chi connectivity index (χ3n) is 3.58. The van der Waals surface area contributed by atoms with Crippen molar-refractivity contribution in [1.29, 1.82) is 0 Å². The minimum absolute atomic E-state index is 0.177. The van der Waals surface area contributed by atoms with E-state index in [0.29, 0.717) is 27.1 Å². The first-order valence-electron chi connectivity index (χ1n) is 7.60. The van der Waals surface area contributed by atoms with Crippen LogP contribution in [0.2, 0.25) is 10.0 Å². The number of carbonyl (C=O) groups excluding carboxylic acids is 1. The van der Waals surface area contributed by atoms with E-state index in [1.165, 1.54) is 10.7 Å². The summed E-state index contributed by atoms with van der Waals surface area (Å²) in [6.45, 7) is 0. The van der Waals surface area contributed by atoms with Gasteiger partial charge in [-0.15, -0.1) is 0 Å². The third-order valence-corrected chi connectivity index (χ3v) is 4.14.